The van der Waals surface area contributed by atoms with Gasteiger partial charge in [0.15, 0.2) is 5.72 Å². The van der Waals surface area contributed by atoms with Crippen molar-refractivity contribution in [3.8, 4) is 5.75 Å². The number of hydrogen-bond acceptors (Lipinski definition) is 7. The molecule has 214 valence electrons. The lowest BCUT2D eigenvalue weighted by molar-refractivity contribution is -0.192. The zero-order valence-corrected chi connectivity index (χ0v) is 21.5. The van der Waals surface area contributed by atoms with Crippen LogP contribution in [0.1, 0.15) is 27.0 Å². The topological polar surface area (TPSA) is 154 Å². The molecule has 4 aromatic rings. The van der Waals surface area contributed by atoms with Gasteiger partial charge in [-0.25, -0.2) is 14.6 Å². The SMILES string of the molecule is COC(=O)Nc1nc2ccc(C3(O)c4ccccc4C(=O)N3Cc3cccc(OC)c3)cc2[nH]1.O=C(O)C(F)(F)F. The first kappa shape index (κ1) is 28.9. The summed E-state index contributed by atoms with van der Waals surface area (Å²) in [5, 5.41) is 21.7. The van der Waals surface area contributed by atoms with Crippen LogP contribution in [0, 0.1) is 0 Å². The van der Waals surface area contributed by atoms with Gasteiger partial charge in [-0.3, -0.25) is 15.0 Å². The Labute approximate surface area is 230 Å². The van der Waals surface area contributed by atoms with E-state index in [0.29, 0.717) is 33.5 Å². The lowest BCUT2D eigenvalue weighted by Crippen LogP contribution is -2.44. The van der Waals surface area contributed by atoms with Crippen LogP contribution >= 0.6 is 0 Å². The summed E-state index contributed by atoms with van der Waals surface area (Å²) >= 11 is 0. The van der Waals surface area contributed by atoms with E-state index in [9.17, 15) is 27.9 Å². The summed E-state index contributed by atoms with van der Waals surface area (Å²) in [7, 11) is 2.84. The van der Waals surface area contributed by atoms with Crippen molar-refractivity contribution in [3.63, 3.8) is 0 Å². The third-order valence-electron chi connectivity index (χ3n) is 6.18. The fourth-order valence-corrected chi connectivity index (χ4v) is 4.30. The van der Waals surface area contributed by atoms with Gasteiger partial charge in [0, 0.05) is 23.2 Å². The minimum Gasteiger partial charge on any atom is -0.497 e. The number of benzene rings is 3. The Morgan fingerprint density at radius 1 is 1.07 bits per heavy atom. The molecule has 0 saturated heterocycles. The minimum absolute atomic E-state index is 0.164. The molecular formula is C27H23F3N4O7. The van der Waals surface area contributed by atoms with E-state index in [-0.39, 0.29) is 18.4 Å². The molecule has 2 amide bonds. The van der Waals surface area contributed by atoms with Crippen LogP contribution in [0.15, 0.2) is 66.7 Å². The summed E-state index contributed by atoms with van der Waals surface area (Å²) in [6.45, 7) is 0.164. The number of nitrogens with one attached hydrogen (secondary N) is 2. The average Bonchev–Trinajstić information content (AvgIpc) is 3.45. The van der Waals surface area contributed by atoms with Crippen molar-refractivity contribution in [1.82, 2.24) is 14.9 Å². The number of halogens is 3. The van der Waals surface area contributed by atoms with Gasteiger partial charge in [-0.1, -0.05) is 36.4 Å². The molecule has 11 nitrogen and oxygen atoms in total. The van der Waals surface area contributed by atoms with Gasteiger partial charge in [0.05, 0.1) is 25.3 Å². The maximum atomic E-state index is 13.4. The van der Waals surface area contributed by atoms with Gasteiger partial charge >= 0.3 is 18.2 Å². The third-order valence-corrected chi connectivity index (χ3v) is 6.18. The molecule has 14 heteroatoms. The molecule has 1 aromatic heterocycles. The lowest BCUT2D eigenvalue weighted by atomic mass is 9.93. The number of imidazole rings is 1. The Bertz CT molecular complexity index is 1620. The van der Waals surface area contributed by atoms with Gasteiger partial charge < -0.3 is 24.7 Å². The number of amides is 2. The second kappa shape index (κ2) is 11.2. The molecule has 1 atom stereocenters. The number of fused-ring (bicyclic) bond motifs is 2. The van der Waals surface area contributed by atoms with E-state index in [1.807, 2.05) is 24.3 Å². The standard InChI is InChI=1S/C25H22N4O5.C2HF3O2/c1-33-17-7-5-6-15(12-17)14-29-22(30)18-8-3-4-9-19(18)25(29,32)16-10-11-20-21(13-16)27-23(26-20)28-24(31)34-2;3-2(4,5)1(6)7/h3-13,32H,14H2,1-2H3,(H2,26,27,28,31);(H,6,7). The van der Waals surface area contributed by atoms with Crippen molar-refractivity contribution >= 4 is 35.0 Å². The Morgan fingerprint density at radius 2 is 1.78 bits per heavy atom. The predicted molar refractivity (Wildman–Crippen MR) is 138 cm³/mol. The monoisotopic (exact) mass is 572 g/mol. The highest BCUT2D eigenvalue weighted by Gasteiger charge is 2.49. The zero-order chi connectivity index (χ0) is 29.9. The highest BCUT2D eigenvalue weighted by atomic mass is 19.4. The highest BCUT2D eigenvalue weighted by Crippen LogP contribution is 2.43. The number of aromatic nitrogens is 2. The fraction of sp³-hybridized carbons (Fsp3) is 0.185. The number of H-pyrrole nitrogens is 1. The van der Waals surface area contributed by atoms with Crippen molar-refractivity contribution in [3.05, 3.63) is 89.0 Å². The summed E-state index contributed by atoms with van der Waals surface area (Å²) in [5.74, 6) is -2.16. The number of carbonyl (C=O) groups is 3. The van der Waals surface area contributed by atoms with Crippen molar-refractivity contribution in [1.29, 1.82) is 0 Å². The predicted octanol–water partition coefficient (Wildman–Crippen LogP) is 4.23. The van der Waals surface area contributed by atoms with E-state index < -0.39 is 24.0 Å². The summed E-state index contributed by atoms with van der Waals surface area (Å²) < 4.78 is 41.7. The van der Waals surface area contributed by atoms with Crippen LogP contribution in [0.4, 0.5) is 23.9 Å². The molecule has 0 radical (unpaired) electrons. The van der Waals surface area contributed by atoms with Gasteiger partial charge in [0.25, 0.3) is 5.91 Å². The molecule has 0 saturated carbocycles. The molecule has 4 N–H and O–H groups in total. The minimum atomic E-state index is -5.08. The molecule has 0 bridgehead atoms. The van der Waals surface area contributed by atoms with Crippen LogP contribution in [-0.4, -0.2) is 63.4 Å². The molecule has 5 rings (SSSR count). The maximum Gasteiger partial charge on any atom is 0.490 e. The van der Waals surface area contributed by atoms with Gasteiger partial charge in [-0.05, 0) is 35.9 Å². The Balaban J connectivity index is 0.000000493. The molecule has 41 heavy (non-hydrogen) atoms. The number of aliphatic carboxylic acids is 1. The molecule has 1 unspecified atom stereocenters. The molecule has 1 aliphatic heterocycles. The van der Waals surface area contributed by atoms with Gasteiger partial charge in [-0.2, -0.15) is 13.2 Å². The first-order chi connectivity index (χ1) is 19.4. The van der Waals surface area contributed by atoms with Crippen molar-refractivity contribution in [2.24, 2.45) is 0 Å². The number of anilines is 1. The molecular weight excluding hydrogens is 549 g/mol. The summed E-state index contributed by atoms with van der Waals surface area (Å²) in [6.07, 6.45) is -5.74. The number of rotatable bonds is 5. The quantitative estimate of drug-likeness (QED) is 0.277. The Kier molecular flexibility index (Phi) is 7.87. The van der Waals surface area contributed by atoms with Gasteiger partial charge in [-0.15, -0.1) is 0 Å². The van der Waals surface area contributed by atoms with Crippen LogP contribution in [0.2, 0.25) is 0 Å². The molecule has 1 aliphatic rings. The maximum absolute atomic E-state index is 13.4. The first-order valence-corrected chi connectivity index (χ1v) is 11.8. The number of aliphatic hydroxyl groups is 1. The van der Waals surface area contributed by atoms with Crippen LogP contribution < -0.4 is 10.1 Å². The molecule has 3 aromatic carbocycles. The number of aromatic amines is 1. The third kappa shape index (κ3) is 5.77. The molecule has 0 fully saturated rings. The Morgan fingerprint density at radius 3 is 2.44 bits per heavy atom. The smallest absolute Gasteiger partial charge is 0.490 e. The average molecular weight is 572 g/mol. The normalized spacial score (nSPS) is 16.0. The largest absolute Gasteiger partial charge is 0.497 e. The van der Waals surface area contributed by atoms with Crippen LogP contribution in [0.5, 0.6) is 5.75 Å². The van der Waals surface area contributed by atoms with Crippen LogP contribution in [-0.2, 0) is 21.8 Å². The second-order valence-electron chi connectivity index (χ2n) is 8.70. The van der Waals surface area contributed by atoms with Gasteiger partial charge in [0.2, 0.25) is 5.95 Å². The molecule has 0 aliphatic carbocycles. The van der Waals surface area contributed by atoms with E-state index >= 15 is 0 Å². The fourth-order valence-electron chi connectivity index (χ4n) is 4.30. The number of carboxylic acids is 1. The highest BCUT2D eigenvalue weighted by molar-refractivity contribution is 6.00. The first-order valence-electron chi connectivity index (χ1n) is 11.8. The van der Waals surface area contributed by atoms with Crippen molar-refractivity contribution in [2.75, 3.05) is 19.5 Å². The van der Waals surface area contributed by atoms with E-state index in [2.05, 4.69) is 20.0 Å². The molecule has 0 spiro atoms. The number of hydrogen-bond donors (Lipinski definition) is 4. The summed E-state index contributed by atoms with van der Waals surface area (Å²) in [4.78, 5) is 42.6. The number of nitrogens with zero attached hydrogens (tertiary/aromatic N) is 2. The van der Waals surface area contributed by atoms with Crippen molar-refractivity contribution < 1.29 is 47.2 Å². The summed E-state index contributed by atoms with van der Waals surface area (Å²) in [5.41, 5.74) is 1.67. The number of methoxy groups -OCH3 is 2. The number of ether oxygens (including phenoxy) is 2. The molecule has 2 heterocycles. The zero-order valence-electron chi connectivity index (χ0n) is 21.5. The van der Waals surface area contributed by atoms with Crippen LogP contribution in [0.25, 0.3) is 11.0 Å². The number of carbonyl (C=O) groups excluding carboxylic acids is 2. The second-order valence-corrected chi connectivity index (χ2v) is 8.70. The summed E-state index contributed by atoms with van der Waals surface area (Å²) in [6, 6.07) is 19.6. The Hall–Kier alpha value is -5.11. The van der Waals surface area contributed by atoms with E-state index in [1.165, 1.54) is 12.0 Å². The lowest BCUT2D eigenvalue weighted by Gasteiger charge is -2.35. The van der Waals surface area contributed by atoms with E-state index in [1.54, 1.807) is 49.6 Å². The van der Waals surface area contributed by atoms with Crippen LogP contribution in [0.3, 0.4) is 0 Å². The number of carboxylic acid groups (broad SMARTS) is 1. The van der Waals surface area contributed by atoms with Gasteiger partial charge in [0.1, 0.15) is 5.75 Å². The van der Waals surface area contributed by atoms with Crippen molar-refractivity contribution in [2.45, 2.75) is 18.4 Å². The number of alkyl halides is 3. The van der Waals surface area contributed by atoms with E-state index in [0.717, 1.165) is 5.56 Å². The van der Waals surface area contributed by atoms with E-state index in [4.69, 9.17) is 14.6 Å².